The highest BCUT2D eigenvalue weighted by Gasteiger charge is 2.20. The summed E-state index contributed by atoms with van der Waals surface area (Å²) in [5.41, 5.74) is 5.59. The standard InChI is InChI=1S/C9H18N2O2/c1-13-9(12)7-11-4-2-3-8(5-10)6-11/h8H,2-7,10H2,1H3/t8-/m0/s1. The molecule has 2 N–H and O–H groups in total. The average molecular weight is 186 g/mol. The number of piperidine rings is 1. The van der Waals surface area contributed by atoms with E-state index in [2.05, 4.69) is 9.64 Å². The van der Waals surface area contributed by atoms with Gasteiger partial charge in [-0.1, -0.05) is 0 Å². The molecule has 1 aliphatic heterocycles. The van der Waals surface area contributed by atoms with Crippen molar-refractivity contribution < 1.29 is 9.53 Å². The number of nitrogens with zero attached hydrogens (tertiary/aromatic N) is 1. The molecule has 0 unspecified atom stereocenters. The van der Waals surface area contributed by atoms with Crippen molar-refractivity contribution in [3.05, 3.63) is 0 Å². The van der Waals surface area contributed by atoms with Crippen LogP contribution in [0.25, 0.3) is 0 Å². The number of likely N-dealkylation sites (tertiary alicyclic amines) is 1. The Morgan fingerprint density at radius 1 is 1.69 bits per heavy atom. The zero-order valence-corrected chi connectivity index (χ0v) is 8.16. The molecule has 0 radical (unpaired) electrons. The number of methoxy groups -OCH3 is 1. The van der Waals surface area contributed by atoms with Crippen LogP contribution in [0.2, 0.25) is 0 Å². The Morgan fingerprint density at radius 3 is 3.08 bits per heavy atom. The summed E-state index contributed by atoms with van der Waals surface area (Å²) in [5.74, 6) is 0.399. The average Bonchev–Trinajstić information content (AvgIpc) is 2.18. The molecule has 76 valence electrons. The van der Waals surface area contributed by atoms with Gasteiger partial charge in [0.1, 0.15) is 0 Å². The molecule has 13 heavy (non-hydrogen) atoms. The van der Waals surface area contributed by atoms with E-state index in [1.165, 1.54) is 13.5 Å². The quantitative estimate of drug-likeness (QED) is 0.622. The fourth-order valence-electron chi connectivity index (χ4n) is 1.73. The SMILES string of the molecule is COC(=O)CN1CCC[C@@H](CN)C1. The van der Waals surface area contributed by atoms with E-state index >= 15 is 0 Å². The van der Waals surface area contributed by atoms with Gasteiger partial charge in [-0.2, -0.15) is 0 Å². The Bertz CT molecular complexity index is 173. The molecule has 0 aliphatic carbocycles. The van der Waals surface area contributed by atoms with Gasteiger partial charge >= 0.3 is 5.97 Å². The van der Waals surface area contributed by atoms with E-state index in [1.54, 1.807) is 0 Å². The first-order valence-corrected chi connectivity index (χ1v) is 4.75. The maximum Gasteiger partial charge on any atom is 0.319 e. The number of carbonyl (C=O) groups is 1. The Kier molecular flexibility index (Phi) is 4.18. The molecule has 1 aliphatic rings. The summed E-state index contributed by atoms with van der Waals surface area (Å²) in [6.45, 7) is 3.06. The summed E-state index contributed by atoms with van der Waals surface area (Å²) in [4.78, 5) is 13.1. The topological polar surface area (TPSA) is 55.6 Å². The van der Waals surface area contributed by atoms with E-state index in [4.69, 9.17) is 5.73 Å². The van der Waals surface area contributed by atoms with Gasteiger partial charge in [-0.15, -0.1) is 0 Å². The summed E-state index contributed by atoms with van der Waals surface area (Å²) >= 11 is 0. The van der Waals surface area contributed by atoms with Crippen LogP contribution in [-0.4, -0.2) is 44.2 Å². The third-order valence-electron chi connectivity index (χ3n) is 2.52. The lowest BCUT2D eigenvalue weighted by Crippen LogP contribution is -2.41. The van der Waals surface area contributed by atoms with Gasteiger partial charge in [0.15, 0.2) is 0 Å². The Labute approximate surface area is 79.0 Å². The van der Waals surface area contributed by atoms with Gasteiger partial charge in [0.05, 0.1) is 13.7 Å². The normalized spacial score (nSPS) is 24.3. The predicted octanol–water partition coefficient (Wildman–Crippen LogP) is -0.170. The molecule has 4 heteroatoms. The van der Waals surface area contributed by atoms with E-state index in [9.17, 15) is 4.79 Å². The summed E-state index contributed by atoms with van der Waals surface area (Å²) in [7, 11) is 1.42. The van der Waals surface area contributed by atoms with Crippen LogP contribution in [0.15, 0.2) is 0 Å². The van der Waals surface area contributed by atoms with Crippen molar-refractivity contribution in [2.24, 2.45) is 11.7 Å². The second-order valence-corrected chi connectivity index (χ2v) is 3.56. The van der Waals surface area contributed by atoms with Crippen LogP contribution in [0.1, 0.15) is 12.8 Å². The number of hydrogen-bond acceptors (Lipinski definition) is 4. The third-order valence-corrected chi connectivity index (χ3v) is 2.52. The van der Waals surface area contributed by atoms with Gasteiger partial charge in [-0.25, -0.2) is 0 Å². The van der Waals surface area contributed by atoms with Crippen molar-refractivity contribution >= 4 is 5.97 Å². The molecule has 0 amide bonds. The van der Waals surface area contributed by atoms with E-state index < -0.39 is 0 Å². The summed E-state index contributed by atoms with van der Waals surface area (Å²) < 4.78 is 4.61. The monoisotopic (exact) mass is 186 g/mol. The molecule has 0 aromatic carbocycles. The van der Waals surface area contributed by atoms with Gasteiger partial charge in [0, 0.05) is 6.54 Å². The van der Waals surface area contributed by atoms with Crippen LogP contribution in [-0.2, 0) is 9.53 Å². The van der Waals surface area contributed by atoms with Gasteiger partial charge in [0.25, 0.3) is 0 Å². The van der Waals surface area contributed by atoms with Crippen molar-refractivity contribution in [2.75, 3.05) is 33.3 Å². The summed E-state index contributed by atoms with van der Waals surface area (Å²) in [6, 6.07) is 0. The number of nitrogens with two attached hydrogens (primary N) is 1. The van der Waals surface area contributed by atoms with Crippen molar-refractivity contribution in [2.45, 2.75) is 12.8 Å². The number of ether oxygens (including phenoxy) is 1. The molecule has 1 atom stereocenters. The van der Waals surface area contributed by atoms with Crippen LogP contribution in [0.5, 0.6) is 0 Å². The first-order valence-electron chi connectivity index (χ1n) is 4.75. The smallest absolute Gasteiger partial charge is 0.319 e. The fourth-order valence-corrected chi connectivity index (χ4v) is 1.73. The minimum Gasteiger partial charge on any atom is -0.468 e. The van der Waals surface area contributed by atoms with Crippen LogP contribution in [0, 0.1) is 5.92 Å². The molecular weight excluding hydrogens is 168 g/mol. The van der Waals surface area contributed by atoms with Crippen LogP contribution in [0.3, 0.4) is 0 Å². The minimum atomic E-state index is -0.155. The Hall–Kier alpha value is -0.610. The number of esters is 1. The maximum absolute atomic E-state index is 11.0. The van der Waals surface area contributed by atoms with Gasteiger partial charge in [-0.3, -0.25) is 9.69 Å². The summed E-state index contributed by atoms with van der Waals surface area (Å²) in [6.07, 6.45) is 2.33. The second kappa shape index (κ2) is 5.19. The number of hydrogen-bond donors (Lipinski definition) is 1. The first-order chi connectivity index (χ1) is 6.26. The molecule has 0 bridgehead atoms. The van der Waals surface area contributed by atoms with Crippen molar-refractivity contribution in [3.8, 4) is 0 Å². The van der Waals surface area contributed by atoms with Gasteiger partial charge in [-0.05, 0) is 31.8 Å². The molecule has 0 spiro atoms. The lowest BCUT2D eigenvalue weighted by molar-refractivity contribution is -0.142. The molecule has 1 heterocycles. The molecule has 1 rings (SSSR count). The maximum atomic E-state index is 11.0. The van der Waals surface area contributed by atoms with Crippen molar-refractivity contribution in [1.29, 1.82) is 0 Å². The minimum absolute atomic E-state index is 0.155. The first kappa shape index (κ1) is 10.5. The van der Waals surface area contributed by atoms with Crippen molar-refractivity contribution in [1.82, 2.24) is 4.90 Å². The van der Waals surface area contributed by atoms with Crippen LogP contribution >= 0.6 is 0 Å². The van der Waals surface area contributed by atoms with E-state index in [-0.39, 0.29) is 5.97 Å². The van der Waals surface area contributed by atoms with Crippen LogP contribution < -0.4 is 5.73 Å². The second-order valence-electron chi connectivity index (χ2n) is 3.56. The highest BCUT2D eigenvalue weighted by Crippen LogP contribution is 2.14. The number of carbonyl (C=O) groups excluding carboxylic acids is 1. The molecule has 4 nitrogen and oxygen atoms in total. The fraction of sp³-hybridized carbons (Fsp3) is 0.889. The lowest BCUT2D eigenvalue weighted by Gasteiger charge is -2.30. The highest BCUT2D eigenvalue weighted by atomic mass is 16.5. The van der Waals surface area contributed by atoms with Gasteiger partial charge in [0.2, 0.25) is 0 Å². The zero-order valence-electron chi connectivity index (χ0n) is 8.16. The Balaban J connectivity index is 2.29. The molecule has 1 saturated heterocycles. The molecular formula is C9H18N2O2. The third kappa shape index (κ3) is 3.32. The zero-order chi connectivity index (χ0) is 9.68. The predicted molar refractivity (Wildman–Crippen MR) is 50.2 cm³/mol. The lowest BCUT2D eigenvalue weighted by atomic mass is 9.98. The van der Waals surface area contributed by atoms with Crippen molar-refractivity contribution in [3.63, 3.8) is 0 Å². The molecule has 0 aromatic heterocycles. The molecule has 1 fully saturated rings. The van der Waals surface area contributed by atoms with E-state index in [1.807, 2.05) is 0 Å². The highest BCUT2D eigenvalue weighted by molar-refractivity contribution is 5.71. The summed E-state index contributed by atoms with van der Waals surface area (Å²) in [5, 5.41) is 0. The van der Waals surface area contributed by atoms with Gasteiger partial charge < -0.3 is 10.5 Å². The molecule has 0 saturated carbocycles. The largest absolute Gasteiger partial charge is 0.468 e. The van der Waals surface area contributed by atoms with Crippen LogP contribution in [0.4, 0.5) is 0 Å². The molecule has 0 aromatic rings. The van der Waals surface area contributed by atoms with E-state index in [0.717, 1.165) is 26.1 Å². The Morgan fingerprint density at radius 2 is 2.46 bits per heavy atom. The number of rotatable bonds is 3. The van der Waals surface area contributed by atoms with E-state index in [0.29, 0.717) is 12.5 Å².